The van der Waals surface area contributed by atoms with Crippen molar-refractivity contribution < 1.29 is 4.74 Å². The minimum Gasteiger partial charge on any atom is -0.376 e. The van der Waals surface area contributed by atoms with E-state index in [2.05, 4.69) is 21.4 Å². The Morgan fingerprint density at radius 2 is 2.56 bits per heavy atom. The first kappa shape index (κ1) is 11.2. The Morgan fingerprint density at radius 1 is 1.62 bits per heavy atom. The smallest absolute Gasteiger partial charge is 0.203 e. The standard InChI is InChI=1S/C12H19N3O/c1-2-6-13-12-14-7-8-15(12)10-11-5-3-4-9-16-11/h2,7-8,11H,1,3-6,9-10H2,(H,13,14). The summed E-state index contributed by atoms with van der Waals surface area (Å²) >= 11 is 0. The highest BCUT2D eigenvalue weighted by atomic mass is 16.5. The molecule has 4 nitrogen and oxygen atoms in total. The summed E-state index contributed by atoms with van der Waals surface area (Å²) in [4.78, 5) is 4.27. The van der Waals surface area contributed by atoms with E-state index in [9.17, 15) is 0 Å². The quantitative estimate of drug-likeness (QED) is 0.773. The van der Waals surface area contributed by atoms with Gasteiger partial charge in [0.2, 0.25) is 5.95 Å². The molecule has 0 spiro atoms. The molecule has 1 N–H and O–H groups in total. The number of imidazole rings is 1. The third-order valence-electron chi connectivity index (χ3n) is 2.79. The van der Waals surface area contributed by atoms with Gasteiger partial charge in [-0.2, -0.15) is 0 Å². The van der Waals surface area contributed by atoms with Gasteiger partial charge < -0.3 is 14.6 Å². The normalized spacial score (nSPS) is 20.6. The Labute approximate surface area is 96.3 Å². The van der Waals surface area contributed by atoms with E-state index >= 15 is 0 Å². The van der Waals surface area contributed by atoms with Gasteiger partial charge in [0.25, 0.3) is 0 Å². The molecule has 0 amide bonds. The summed E-state index contributed by atoms with van der Waals surface area (Å²) in [5.41, 5.74) is 0. The second-order valence-corrected chi connectivity index (χ2v) is 4.06. The zero-order chi connectivity index (χ0) is 11.2. The zero-order valence-corrected chi connectivity index (χ0v) is 9.56. The zero-order valence-electron chi connectivity index (χ0n) is 9.56. The van der Waals surface area contributed by atoms with Crippen LogP contribution in [0.5, 0.6) is 0 Å². The topological polar surface area (TPSA) is 39.1 Å². The monoisotopic (exact) mass is 221 g/mol. The lowest BCUT2D eigenvalue weighted by molar-refractivity contribution is 0.00630. The van der Waals surface area contributed by atoms with Crippen LogP contribution >= 0.6 is 0 Å². The van der Waals surface area contributed by atoms with Crippen molar-refractivity contribution in [1.82, 2.24) is 9.55 Å². The van der Waals surface area contributed by atoms with Gasteiger partial charge in [-0.15, -0.1) is 6.58 Å². The molecule has 2 heterocycles. The van der Waals surface area contributed by atoms with Crippen LogP contribution in [0.25, 0.3) is 0 Å². The lowest BCUT2D eigenvalue weighted by Crippen LogP contribution is -2.25. The van der Waals surface area contributed by atoms with Crippen LogP contribution in [-0.2, 0) is 11.3 Å². The Balaban J connectivity index is 1.91. The van der Waals surface area contributed by atoms with E-state index in [1.807, 2.05) is 18.5 Å². The molecule has 1 unspecified atom stereocenters. The van der Waals surface area contributed by atoms with Crippen molar-refractivity contribution in [2.75, 3.05) is 18.5 Å². The molecule has 2 rings (SSSR count). The van der Waals surface area contributed by atoms with Crippen LogP contribution in [0.15, 0.2) is 25.0 Å². The summed E-state index contributed by atoms with van der Waals surface area (Å²) < 4.78 is 7.82. The molecule has 0 aliphatic carbocycles. The van der Waals surface area contributed by atoms with Crippen LogP contribution in [0, 0.1) is 0 Å². The third kappa shape index (κ3) is 2.85. The van der Waals surface area contributed by atoms with Crippen LogP contribution in [0.4, 0.5) is 5.95 Å². The number of nitrogens with one attached hydrogen (secondary N) is 1. The number of ether oxygens (including phenoxy) is 1. The van der Waals surface area contributed by atoms with Crippen molar-refractivity contribution in [3.05, 3.63) is 25.0 Å². The summed E-state index contributed by atoms with van der Waals surface area (Å²) in [7, 11) is 0. The van der Waals surface area contributed by atoms with Crippen LogP contribution in [0.2, 0.25) is 0 Å². The Bertz CT molecular complexity index is 329. The summed E-state index contributed by atoms with van der Waals surface area (Å²) in [6.45, 7) is 6.21. The fourth-order valence-corrected chi connectivity index (χ4v) is 1.96. The van der Waals surface area contributed by atoms with Gasteiger partial charge in [-0.3, -0.25) is 0 Å². The second-order valence-electron chi connectivity index (χ2n) is 4.06. The third-order valence-corrected chi connectivity index (χ3v) is 2.79. The van der Waals surface area contributed by atoms with Crippen LogP contribution in [-0.4, -0.2) is 28.8 Å². The first-order chi connectivity index (χ1) is 7.90. The average Bonchev–Trinajstić information content (AvgIpc) is 2.75. The first-order valence-electron chi connectivity index (χ1n) is 5.87. The molecule has 1 aromatic rings. The van der Waals surface area contributed by atoms with E-state index in [0.717, 1.165) is 32.1 Å². The molecule has 1 fully saturated rings. The number of hydrogen-bond donors (Lipinski definition) is 1. The Hall–Kier alpha value is -1.29. The van der Waals surface area contributed by atoms with Gasteiger partial charge in [0.15, 0.2) is 0 Å². The SMILES string of the molecule is C=CCNc1nccn1CC1CCCCO1. The fraction of sp³-hybridized carbons (Fsp3) is 0.583. The van der Waals surface area contributed by atoms with Gasteiger partial charge in [-0.05, 0) is 19.3 Å². The maximum Gasteiger partial charge on any atom is 0.203 e. The molecule has 4 heteroatoms. The average molecular weight is 221 g/mol. The highest BCUT2D eigenvalue weighted by Gasteiger charge is 2.15. The predicted octanol–water partition coefficient (Wildman–Crippen LogP) is 2.05. The van der Waals surface area contributed by atoms with Crippen molar-refractivity contribution in [2.45, 2.75) is 31.9 Å². The van der Waals surface area contributed by atoms with Gasteiger partial charge in [-0.1, -0.05) is 6.08 Å². The van der Waals surface area contributed by atoms with Gasteiger partial charge in [-0.25, -0.2) is 4.98 Å². The lowest BCUT2D eigenvalue weighted by atomic mass is 10.1. The summed E-state index contributed by atoms with van der Waals surface area (Å²) in [6.07, 6.45) is 9.59. The highest BCUT2D eigenvalue weighted by Crippen LogP contribution is 2.16. The molecular weight excluding hydrogens is 202 g/mol. The van der Waals surface area contributed by atoms with E-state index in [4.69, 9.17) is 4.74 Å². The van der Waals surface area contributed by atoms with Crippen LogP contribution < -0.4 is 5.32 Å². The van der Waals surface area contributed by atoms with Crippen molar-refractivity contribution in [3.63, 3.8) is 0 Å². The van der Waals surface area contributed by atoms with Gasteiger partial charge in [0, 0.05) is 25.5 Å². The molecular formula is C12H19N3O. The van der Waals surface area contributed by atoms with Crippen molar-refractivity contribution >= 4 is 5.95 Å². The van der Waals surface area contributed by atoms with Gasteiger partial charge in [0.05, 0.1) is 12.6 Å². The Kier molecular flexibility index (Phi) is 3.99. The van der Waals surface area contributed by atoms with Crippen LogP contribution in [0.3, 0.4) is 0 Å². The van der Waals surface area contributed by atoms with Gasteiger partial charge in [0.1, 0.15) is 0 Å². The predicted molar refractivity (Wildman–Crippen MR) is 64.5 cm³/mol. The molecule has 0 saturated carbocycles. The number of rotatable bonds is 5. The number of nitrogens with zero attached hydrogens (tertiary/aromatic N) is 2. The summed E-state index contributed by atoms with van der Waals surface area (Å²) in [5.74, 6) is 0.897. The summed E-state index contributed by atoms with van der Waals surface area (Å²) in [5, 5.41) is 3.21. The van der Waals surface area contributed by atoms with E-state index in [1.54, 1.807) is 0 Å². The number of aromatic nitrogens is 2. The van der Waals surface area contributed by atoms with Crippen molar-refractivity contribution in [2.24, 2.45) is 0 Å². The second kappa shape index (κ2) is 5.70. The largest absolute Gasteiger partial charge is 0.376 e. The minimum absolute atomic E-state index is 0.340. The maximum absolute atomic E-state index is 5.71. The molecule has 16 heavy (non-hydrogen) atoms. The van der Waals surface area contributed by atoms with E-state index in [-0.39, 0.29) is 0 Å². The molecule has 0 bridgehead atoms. The van der Waals surface area contributed by atoms with Crippen molar-refractivity contribution in [3.8, 4) is 0 Å². The molecule has 1 aliphatic heterocycles. The molecule has 1 aliphatic rings. The summed E-state index contributed by atoms with van der Waals surface area (Å²) in [6, 6.07) is 0. The molecule has 1 atom stereocenters. The molecule has 0 aromatic carbocycles. The molecule has 0 radical (unpaired) electrons. The van der Waals surface area contributed by atoms with Crippen LogP contribution in [0.1, 0.15) is 19.3 Å². The highest BCUT2D eigenvalue weighted by molar-refractivity contribution is 5.26. The molecule has 88 valence electrons. The van der Waals surface area contributed by atoms with E-state index in [0.29, 0.717) is 6.10 Å². The lowest BCUT2D eigenvalue weighted by Gasteiger charge is -2.23. The number of anilines is 1. The van der Waals surface area contributed by atoms with E-state index < -0.39 is 0 Å². The fourth-order valence-electron chi connectivity index (χ4n) is 1.96. The maximum atomic E-state index is 5.71. The Morgan fingerprint density at radius 3 is 3.31 bits per heavy atom. The van der Waals surface area contributed by atoms with Crippen molar-refractivity contribution in [1.29, 1.82) is 0 Å². The van der Waals surface area contributed by atoms with E-state index in [1.165, 1.54) is 12.8 Å². The van der Waals surface area contributed by atoms with Gasteiger partial charge >= 0.3 is 0 Å². The first-order valence-corrected chi connectivity index (χ1v) is 5.87. The minimum atomic E-state index is 0.340. The number of hydrogen-bond acceptors (Lipinski definition) is 3. The molecule has 1 aromatic heterocycles. The molecule has 1 saturated heterocycles.